The summed E-state index contributed by atoms with van der Waals surface area (Å²) in [4.78, 5) is 23.9. The second-order valence-corrected chi connectivity index (χ2v) is 4.40. The van der Waals surface area contributed by atoms with Gasteiger partial charge in [-0.05, 0) is 38.5 Å². The van der Waals surface area contributed by atoms with Gasteiger partial charge in [-0.1, -0.05) is 0 Å². The van der Waals surface area contributed by atoms with Crippen LogP contribution in [0.15, 0.2) is 24.5 Å². The van der Waals surface area contributed by atoms with Gasteiger partial charge in [0.05, 0.1) is 12.0 Å². The maximum absolute atomic E-state index is 11.1. The molecule has 2 aromatic heterocycles. The molecule has 18 heavy (non-hydrogen) atoms. The van der Waals surface area contributed by atoms with Crippen LogP contribution in [0.3, 0.4) is 0 Å². The SMILES string of the molecule is CC(=O)c1cnc(Cc2cc(C)cc(C)n2)nc1. The molecule has 0 radical (unpaired) electrons. The van der Waals surface area contributed by atoms with E-state index in [0.29, 0.717) is 17.8 Å². The van der Waals surface area contributed by atoms with Crippen molar-refractivity contribution in [2.75, 3.05) is 0 Å². The van der Waals surface area contributed by atoms with E-state index in [1.807, 2.05) is 26.0 Å². The van der Waals surface area contributed by atoms with Gasteiger partial charge in [0, 0.05) is 23.8 Å². The highest BCUT2D eigenvalue weighted by Gasteiger charge is 2.04. The molecule has 0 unspecified atom stereocenters. The first-order chi connectivity index (χ1) is 8.54. The molecule has 0 N–H and O–H groups in total. The predicted octanol–water partition coefficient (Wildman–Crippen LogP) is 2.28. The van der Waals surface area contributed by atoms with Gasteiger partial charge in [0.15, 0.2) is 5.78 Å². The van der Waals surface area contributed by atoms with E-state index in [1.165, 1.54) is 12.5 Å². The lowest BCUT2D eigenvalue weighted by Crippen LogP contribution is -2.02. The van der Waals surface area contributed by atoms with E-state index >= 15 is 0 Å². The summed E-state index contributed by atoms with van der Waals surface area (Å²) >= 11 is 0. The minimum absolute atomic E-state index is 0.0222. The van der Waals surface area contributed by atoms with Crippen molar-refractivity contribution >= 4 is 5.78 Å². The third kappa shape index (κ3) is 2.97. The average molecular weight is 241 g/mol. The smallest absolute Gasteiger partial charge is 0.162 e. The first-order valence-corrected chi connectivity index (χ1v) is 5.80. The molecule has 0 aliphatic heterocycles. The monoisotopic (exact) mass is 241 g/mol. The Balaban J connectivity index is 2.20. The Bertz CT molecular complexity index is 556. The van der Waals surface area contributed by atoms with Crippen LogP contribution in [-0.4, -0.2) is 20.7 Å². The molecule has 2 aromatic rings. The lowest BCUT2D eigenvalue weighted by atomic mass is 10.1. The maximum atomic E-state index is 11.1. The minimum Gasteiger partial charge on any atom is -0.294 e. The predicted molar refractivity (Wildman–Crippen MR) is 68.6 cm³/mol. The van der Waals surface area contributed by atoms with Crippen LogP contribution in [0.5, 0.6) is 0 Å². The van der Waals surface area contributed by atoms with Gasteiger partial charge in [-0.3, -0.25) is 9.78 Å². The van der Waals surface area contributed by atoms with E-state index in [2.05, 4.69) is 15.0 Å². The van der Waals surface area contributed by atoms with Gasteiger partial charge in [-0.15, -0.1) is 0 Å². The Labute approximate surface area is 106 Å². The molecule has 4 nitrogen and oxygen atoms in total. The van der Waals surface area contributed by atoms with Crippen molar-refractivity contribution in [2.24, 2.45) is 0 Å². The molecule has 0 saturated carbocycles. The second-order valence-electron chi connectivity index (χ2n) is 4.40. The molecule has 0 aliphatic carbocycles. The Kier molecular flexibility index (Phi) is 3.46. The summed E-state index contributed by atoms with van der Waals surface area (Å²) in [5.74, 6) is 0.656. The zero-order valence-corrected chi connectivity index (χ0v) is 10.8. The third-order valence-electron chi connectivity index (χ3n) is 2.60. The first-order valence-electron chi connectivity index (χ1n) is 5.80. The number of carbonyl (C=O) groups is 1. The number of nitrogens with zero attached hydrogens (tertiary/aromatic N) is 3. The number of carbonyl (C=O) groups excluding carboxylic acids is 1. The van der Waals surface area contributed by atoms with Gasteiger partial charge in [0.1, 0.15) is 5.82 Å². The van der Waals surface area contributed by atoms with Crippen LogP contribution in [-0.2, 0) is 6.42 Å². The van der Waals surface area contributed by atoms with Crippen LogP contribution in [0, 0.1) is 13.8 Å². The van der Waals surface area contributed by atoms with Crippen molar-refractivity contribution in [3.8, 4) is 0 Å². The number of ketones is 1. The molecule has 4 heteroatoms. The normalized spacial score (nSPS) is 10.4. The van der Waals surface area contributed by atoms with E-state index in [1.54, 1.807) is 12.4 Å². The van der Waals surface area contributed by atoms with Gasteiger partial charge < -0.3 is 0 Å². The topological polar surface area (TPSA) is 55.7 Å². The summed E-state index contributed by atoms with van der Waals surface area (Å²) in [6.07, 6.45) is 3.71. The van der Waals surface area contributed by atoms with Gasteiger partial charge in [0.25, 0.3) is 0 Å². The Morgan fingerprint density at radius 2 is 1.83 bits per heavy atom. The van der Waals surface area contributed by atoms with Crippen LogP contribution in [0.25, 0.3) is 0 Å². The fourth-order valence-corrected chi connectivity index (χ4v) is 1.81. The quantitative estimate of drug-likeness (QED) is 0.773. The molecule has 92 valence electrons. The molecule has 0 aromatic carbocycles. The van der Waals surface area contributed by atoms with Crippen molar-refractivity contribution in [1.82, 2.24) is 15.0 Å². The van der Waals surface area contributed by atoms with Gasteiger partial charge in [-0.2, -0.15) is 0 Å². The fourth-order valence-electron chi connectivity index (χ4n) is 1.81. The van der Waals surface area contributed by atoms with E-state index in [-0.39, 0.29) is 5.78 Å². The van der Waals surface area contributed by atoms with Crippen molar-refractivity contribution in [3.63, 3.8) is 0 Å². The van der Waals surface area contributed by atoms with Gasteiger partial charge in [-0.25, -0.2) is 9.97 Å². The molecule has 0 aliphatic rings. The lowest BCUT2D eigenvalue weighted by Gasteiger charge is -2.03. The summed E-state index contributed by atoms with van der Waals surface area (Å²) in [7, 11) is 0. The fraction of sp³-hybridized carbons (Fsp3) is 0.286. The zero-order valence-electron chi connectivity index (χ0n) is 10.8. The van der Waals surface area contributed by atoms with Crippen LogP contribution in [0.1, 0.15) is 40.1 Å². The highest BCUT2D eigenvalue weighted by atomic mass is 16.1. The Morgan fingerprint density at radius 3 is 2.39 bits per heavy atom. The number of aryl methyl sites for hydroxylation is 2. The number of pyridine rings is 1. The van der Waals surface area contributed by atoms with E-state index in [4.69, 9.17) is 0 Å². The highest BCUT2D eigenvalue weighted by Crippen LogP contribution is 2.08. The van der Waals surface area contributed by atoms with Crippen molar-refractivity contribution in [3.05, 3.63) is 52.9 Å². The summed E-state index contributed by atoms with van der Waals surface area (Å²) in [6.45, 7) is 5.51. The molecule has 2 heterocycles. The van der Waals surface area contributed by atoms with Crippen LogP contribution < -0.4 is 0 Å². The first kappa shape index (κ1) is 12.4. The standard InChI is InChI=1S/C14H15N3O/c1-9-4-10(2)17-13(5-9)6-14-15-7-12(8-16-14)11(3)18/h4-5,7-8H,6H2,1-3H3. The lowest BCUT2D eigenvalue weighted by molar-refractivity contribution is 0.101. The molecule has 0 fully saturated rings. The minimum atomic E-state index is -0.0222. The molecule has 2 rings (SSSR count). The molecule has 0 saturated heterocycles. The summed E-state index contributed by atoms with van der Waals surface area (Å²) in [5, 5.41) is 0. The highest BCUT2D eigenvalue weighted by molar-refractivity contribution is 5.93. The number of hydrogen-bond donors (Lipinski definition) is 0. The molecule has 0 amide bonds. The van der Waals surface area contributed by atoms with E-state index in [9.17, 15) is 4.79 Å². The van der Waals surface area contributed by atoms with E-state index < -0.39 is 0 Å². The second kappa shape index (κ2) is 5.04. The largest absolute Gasteiger partial charge is 0.294 e. The number of hydrogen-bond acceptors (Lipinski definition) is 4. The van der Waals surface area contributed by atoms with Crippen molar-refractivity contribution in [2.45, 2.75) is 27.2 Å². The van der Waals surface area contributed by atoms with E-state index in [0.717, 1.165) is 11.4 Å². The van der Waals surface area contributed by atoms with Crippen LogP contribution in [0.2, 0.25) is 0 Å². The van der Waals surface area contributed by atoms with Crippen molar-refractivity contribution < 1.29 is 4.79 Å². The summed E-state index contributed by atoms with van der Waals surface area (Å²) in [5.41, 5.74) is 3.65. The molecule has 0 bridgehead atoms. The molecule has 0 spiro atoms. The van der Waals surface area contributed by atoms with Crippen LogP contribution in [0.4, 0.5) is 0 Å². The zero-order chi connectivity index (χ0) is 13.1. The Morgan fingerprint density at radius 1 is 1.17 bits per heavy atom. The number of aromatic nitrogens is 3. The van der Waals surface area contributed by atoms with Gasteiger partial charge >= 0.3 is 0 Å². The molecular formula is C14H15N3O. The molecular weight excluding hydrogens is 226 g/mol. The van der Waals surface area contributed by atoms with Crippen molar-refractivity contribution in [1.29, 1.82) is 0 Å². The Hall–Kier alpha value is -2.10. The molecule has 0 atom stereocenters. The number of rotatable bonds is 3. The summed E-state index contributed by atoms with van der Waals surface area (Å²) in [6, 6.07) is 4.05. The number of Topliss-reactive ketones (excluding diaryl/α,β-unsaturated/α-hetero) is 1. The third-order valence-corrected chi connectivity index (χ3v) is 2.60. The summed E-state index contributed by atoms with van der Waals surface area (Å²) < 4.78 is 0. The average Bonchev–Trinajstić information content (AvgIpc) is 2.28. The van der Waals surface area contributed by atoms with Gasteiger partial charge in [0.2, 0.25) is 0 Å². The van der Waals surface area contributed by atoms with Crippen LogP contribution >= 0.6 is 0 Å². The maximum Gasteiger partial charge on any atom is 0.162 e.